The molecule has 0 fully saturated rings. The second kappa shape index (κ2) is 10.5. The quantitative estimate of drug-likeness (QED) is 0.499. The van der Waals surface area contributed by atoms with Crippen LogP contribution in [0.2, 0.25) is 5.02 Å². The summed E-state index contributed by atoms with van der Waals surface area (Å²) in [7, 11) is 0. The van der Waals surface area contributed by atoms with Gasteiger partial charge in [0.1, 0.15) is 5.75 Å². The number of ether oxygens (including phenoxy) is 1. The molecule has 0 saturated heterocycles. The zero-order chi connectivity index (χ0) is 21.3. The molecule has 3 aromatic carbocycles. The standard InChI is InChI=1S/C24H23ClN2O3/c1-2-30-19-14-12-18(13-15-19)26-24(29)20-8-4-6-10-22(20)27-23(28)16-11-17-7-3-5-9-21(17)25/h3-10,12-15H,2,11,16H2,1H3,(H,26,29)(H,27,28). The maximum Gasteiger partial charge on any atom is 0.257 e. The normalized spacial score (nSPS) is 10.3. The minimum absolute atomic E-state index is 0.184. The molecule has 0 aliphatic rings. The number of benzene rings is 3. The summed E-state index contributed by atoms with van der Waals surface area (Å²) in [4.78, 5) is 25.2. The van der Waals surface area contributed by atoms with Crippen molar-refractivity contribution in [2.45, 2.75) is 19.8 Å². The number of amides is 2. The van der Waals surface area contributed by atoms with Gasteiger partial charge in [0, 0.05) is 17.1 Å². The van der Waals surface area contributed by atoms with E-state index in [0.29, 0.717) is 35.0 Å². The first-order chi connectivity index (χ1) is 14.6. The Balaban J connectivity index is 1.63. The van der Waals surface area contributed by atoms with Crippen LogP contribution in [0, 0.1) is 0 Å². The molecule has 0 heterocycles. The van der Waals surface area contributed by atoms with E-state index in [0.717, 1.165) is 11.3 Å². The molecule has 0 unspecified atom stereocenters. The van der Waals surface area contributed by atoms with Gasteiger partial charge in [-0.2, -0.15) is 0 Å². The van der Waals surface area contributed by atoms with Gasteiger partial charge in [0.25, 0.3) is 5.91 Å². The molecule has 0 radical (unpaired) electrons. The van der Waals surface area contributed by atoms with Crippen LogP contribution in [0.25, 0.3) is 0 Å². The van der Waals surface area contributed by atoms with E-state index in [1.54, 1.807) is 54.6 Å². The van der Waals surface area contributed by atoms with E-state index in [9.17, 15) is 9.59 Å². The van der Waals surface area contributed by atoms with E-state index in [-0.39, 0.29) is 18.2 Å². The van der Waals surface area contributed by atoms with Crippen molar-refractivity contribution in [3.63, 3.8) is 0 Å². The molecule has 30 heavy (non-hydrogen) atoms. The van der Waals surface area contributed by atoms with Crippen LogP contribution in [0.1, 0.15) is 29.3 Å². The average Bonchev–Trinajstić information content (AvgIpc) is 2.75. The maximum atomic E-state index is 12.7. The monoisotopic (exact) mass is 422 g/mol. The highest BCUT2D eigenvalue weighted by atomic mass is 35.5. The molecule has 0 saturated carbocycles. The number of aryl methyl sites for hydroxylation is 1. The first kappa shape index (κ1) is 21.4. The SMILES string of the molecule is CCOc1ccc(NC(=O)c2ccccc2NC(=O)CCc2ccccc2Cl)cc1. The molecular formula is C24H23ClN2O3. The van der Waals surface area contributed by atoms with Crippen molar-refractivity contribution in [3.8, 4) is 5.75 Å². The smallest absolute Gasteiger partial charge is 0.257 e. The van der Waals surface area contributed by atoms with E-state index >= 15 is 0 Å². The molecule has 154 valence electrons. The number of nitrogens with one attached hydrogen (secondary N) is 2. The predicted octanol–water partition coefficient (Wildman–Crippen LogP) is 5.56. The zero-order valence-corrected chi connectivity index (χ0v) is 17.4. The first-order valence-corrected chi connectivity index (χ1v) is 10.1. The number of para-hydroxylation sites is 1. The summed E-state index contributed by atoms with van der Waals surface area (Å²) in [5.41, 5.74) is 2.40. The lowest BCUT2D eigenvalue weighted by molar-refractivity contribution is -0.116. The van der Waals surface area contributed by atoms with Crippen LogP contribution in [0.4, 0.5) is 11.4 Å². The molecule has 0 aromatic heterocycles. The lowest BCUT2D eigenvalue weighted by Crippen LogP contribution is -2.18. The fraction of sp³-hybridized carbons (Fsp3) is 0.167. The highest BCUT2D eigenvalue weighted by Gasteiger charge is 2.14. The summed E-state index contributed by atoms with van der Waals surface area (Å²) < 4.78 is 5.41. The van der Waals surface area contributed by atoms with Crippen molar-refractivity contribution in [3.05, 3.63) is 88.9 Å². The van der Waals surface area contributed by atoms with Gasteiger partial charge in [-0.3, -0.25) is 9.59 Å². The van der Waals surface area contributed by atoms with Crippen LogP contribution in [-0.4, -0.2) is 18.4 Å². The Morgan fingerprint density at radius 2 is 1.60 bits per heavy atom. The Morgan fingerprint density at radius 1 is 0.900 bits per heavy atom. The summed E-state index contributed by atoms with van der Waals surface area (Å²) in [6.45, 7) is 2.49. The molecule has 0 spiro atoms. The van der Waals surface area contributed by atoms with Gasteiger partial charge in [-0.15, -0.1) is 0 Å². The number of anilines is 2. The van der Waals surface area contributed by atoms with Crippen molar-refractivity contribution in [2.75, 3.05) is 17.2 Å². The van der Waals surface area contributed by atoms with Gasteiger partial charge in [0.2, 0.25) is 5.91 Å². The van der Waals surface area contributed by atoms with Crippen LogP contribution in [-0.2, 0) is 11.2 Å². The number of carbonyl (C=O) groups is 2. The Bertz CT molecular complexity index is 1020. The molecular weight excluding hydrogens is 400 g/mol. The molecule has 0 aliphatic carbocycles. The van der Waals surface area contributed by atoms with Crippen LogP contribution in [0.5, 0.6) is 5.75 Å². The summed E-state index contributed by atoms with van der Waals surface area (Å²) >= 11 is 6.15. The van der Waals surface area contributed by atoms with Gasteiger partial charge in [0.15, 0.2) is 0 Å². The number of rotatable bonds is 8. The van der Waals surface area contributed by atoms with Crippen molar-refractivity contribution < 1.29 is 14.3 Å². The molecule has 5 nitrogen and oxygen atoms in total. The minimum atomic E-state index is -0.304. The highest BCUT2D eigenvalue weighted by Crippen LogP contribution is 2.21. The van der Waals surface area contributed by atoms with Crippen LogP contribution in [0.3, 0.4) is 0 Å². The Hall–Kier alpha value is -3.31. The lowest BCUT2D eigenvalue weighted by atomic mass is 10.1. The lowest BCUT2D eigenvalue weighted by Gasteiger charge is -2.12. The topological polar surface area (TPSA) is 67.4 Å². The molecule has 2 amide bonds. The van der Waals surface area contributed by atoms with E-state index in [1.165, 1.54) is 0 Å². The fourth-order valence-corrected chi connectivity index (χ4v) is 3.18. The van der Waals surface area contributed by atoms with Crippen LogP contribution in [0.15, 0.2) is 72.8 Å². The number of hydrogen-bond acceptors (Lipinski definition) is 3. The van der Waals surface area contributed by atoms with Gasteiger partial charge in [-0.1, -0.05) is 41.9 Å². The summed E-state index contributed by atoms with van der Waals surface area (Å²) in [6.07, 6.45) is 0.782. The summed E-state index contributed by atoms with van der Waals surface area (Å²) in [6, 6.07) is 21.5. The Labute approximate surface area is 181 Å². The first-order valence-electron chi connectivity index (χ1n) is 9.73. The number of halogens is 1. The van der Waals surface area contributed by atoms with Crippen LogP contribution >= 0.6 is 11.6 Å². The second-order valence-electron chi connectivity index (χ2n) is 6.60. The molecule has 2 N–H and O–H groups in total. The van der Waals surface area contributed by atoms with Gasteiger partial charge in [-0.05, 0) is 61.4 Å². The fourth-order valence-electron chi connectivity index (χ4n) is 2.95. The van der Waals surface area contributed by atoms with Gasteiger partial charge < -0.3 is 15.4 Å². The van der Waals surface area contributed by atoms with Gasteiger partial charge >= 0.3 is 0 Å². The molecule has 0 aliphatic heterocycles. The van der Waals surface area contributed by atoms with Gasteiger partial charge in [-0.25, -0.2) is 0 Å². The van der Waals surface area contributed by atoms with Crippen molar-refractivity contribution in [1.29, 1.82) is 0 Å². The number of carbonyl (C=O) groups excluding carboxylic acids is 2. The third-order valence-electron chi connectivity index (χ3n) is 4.45. The third-order valence-corrected chi connectivity index (χ3v) is 4.82. The van der Waals surface area contributed by atoms with Gasteiger partial charge in [0.05, 0.1) is 17.9 Å². The molecule has 3 rings (SSSR count). The Kier molecular flexibility index (Phi) is 7.46. The van der Waals surface area contributed by atoms with Crippen molar-refractivity contribution in [1.82, 2.24) is 0 Å². The predicted molar refractivity (Wildman–Crippen MR) is 120 cm³/mol. The molecule has 6 heteroatoms. The number of hydrogen-bond donors (Lipinski definition) is 2. The van der Waals surface area contributed by atoms with Crippen LogP contribution < -0.4 is 15.4 Å². The van der Waals surface area contributed by atoms with E-state index in [1.807, 2.05) is 25.1 Å². The highest BCUT2D eigenvalue weighted by molar-refractivity contribution is 6.31. The molecule has 3 aromatic rings. The maximum absolute atomic E-state index is 12.7. The average molecular weight is 423 g/mol. The summed E-state index contributed by atoms with van der Waals surface area (Å²) in [5.74, 6) is 0.249. The third kappa shape index (κ3) is 5.84. The summed E-state index contributed by atoms with van der Waals surface area (Å²) in [5, 5.41) is 6.31. The Morgan fingerprint density at radius 3 is 2.33 bits per heavy atom. The van der Waals surface area contributed by atoms with E-state index < -0.39 is 0 Å². The van der Waals surface area contributed by atoms with E-state index in [4.69, 9.17) is 16.3 Å². The molecule has 0 atom stereocenters. The van der Waals surface area contributed by atoms with Crippen molar-refractivity contribution in [2.24, 2.45) is 0 Å². The van der Waals surface area contributed by atoms with E-state index in [2.05, 4.69) is 10.6 Å². The minimum Gasteiger partial charge on any atom is -0.494 e. The van der Waals surface area contributed by atoms with Crippen molar-refractivity contribution >= 4 is 34.8 Å². The zero-order valence-electron chi connectivity index (χ0n) is 16.7. The largest absolute Gasteiger partial charge is 0.494 e. The molecule has 0 bridgehead atoms. The second-order valence-corrected chi connectivity index (χ2v) is 7.00.